The topological polar surface area (TPSA) is 69.7 Å². The van der Waals surface area contributed by atoms with Crippen molar-refractivity contribution in [1.82, 2.24) is 14.5 Å². The van der Waals surface area contributed by atoms with Gasteiger partial charge in [-0.1, -0.05) is 51.8 Å². The van der Waals surface area contributed by atoms with Crippen LogP contribution in [0.4, 0.5) is 0 Å². The number of carbonyl (C=O) groups excluding carboxylic acids is 1. The number of benzene rings is 3. The summed E-state index contributed by atoms with van der Waals surface area (Å²) in [6.07, 6.45) is 0.574. The molecule has 3 aromatic rings. The second-order valence-corrected chi connectivity index (χ2v) is 14.6. The molecule has 0 bridgehead atoms. The number of rotatable bonds is 8. The molecule has 4 rings (SSSR count). The Morgan fingerprint density at radius 2 is 1.62 bits per heavy atom. The highest BCUT2D eigenvalue weighted by molar-refractivity contribution is 9.10. The van der Waals surface area contributed by atoms with E-state index in [1.165, 1.54) is 5.56 Å². The number of hydrogen-bond donors (Lipinski definition) is 1. The van der Waals surface area contributed by atoms with Gasteiger partial charge in [0.05, 0.1) is 4.90 Å². The molecule has 0 unspecified atom stereocenters. The van der Waals surface area contributed by atoms with Crippen molar-refractivity contribution in [2.24, 2.45) is 0 Å². The van der Waals surface area contributed by atoms with Crippen molar-refractivity contribution in [2.45, 2.75) is 71.5 Å². The number of sulfonamides is 1. The first kappa shape index (κ1) is 30.4. The maximum absolute atomic E-state index is 13.6. The summed E-state index contributed by atoms with van der Waals surface area (Å²) in [4.78, 5) is 15.8. The van der Waals surface area contributed by atoms with Crippen molar-refractivity contribution < 1.29 is 13.2 Å². The van der Waals surface area contributed by atoms with E-state index >= 15 is 0 Å². The SMILES string of the molecule is Cc1cc(C)c(S(=O)(=O)N2CCc3cc(C(=O)NCCN(Cc4ccc(Br)cc4)C(C)(C)C)ccc3C2)c(C)c1. The minimum Gasteiger partial charge on any atom is -0.351 e. The van der Waals surface area contributed by atoms with E-state index in [0.29, 0.717) is 36.5 Å². The predicted molar refractivity (Wildman–Crippen MR) is 165 cm³/mol. The van der Waals surface area contributed by atoms with E-state index in [0.717, 1.165) is 45.4 Å². The minimum atomic E-state index is -3.62. The molecule has 1 aliphatic rings. The van der Waals surface area contributed by atoms with Crippen molar-refractivity contribution >= 4 is 31.9 Å². The third-order valence-electron chi connectivity index (χ3n) is 7.55. The summed E-state index contributed by atoms with van der Waals surface area (Å²) in [6, 6.07) is 17.8. The molecule has 3 aromatic carbocycles. The van der Waals surface area contributed by atoms with Crippen LogP contribution in [0.5, 0.6) is 0 Å². The number of carbonyl (C=O) groups is 1. The molecule has 6 nitrogen and oxygen atoms in total. The molecule has 0 radical (unpaired) electrons. The van der Waals surface area contributed by atoms with Gasteiger partial charge in [-0.25, -0.2) is 8.42 Å². The molecule has 214 valence electrons. The summed E-state index contributed by atoms with van der Waals surface area (Å²) in [5, 5.41) is 3.08. The van der Waals surface area contributed by atoms with Crippen LogP contribution < -0.4 is 5.32 Å². The molecule has 1 N–H and O–H groups in total. The van der Waals surface area contributed by atoms with Crippen molar-refractivity contribution in [2.75, 3.05) is 19.6 Å². The van der Waals surface area contributed by atoms with Gasteiger partial charge in [0.15, 0.2) is 0 Å². The van der Waals surface area contributed by atoms with Gasteiger partial charge in [0.25, 0.3) is 5.91 Å². The second kappa shape index (κ2) is 12.1. The molecule has 0 aliphatic carbocycles. The molecule has 8 heteroatoms. The Kier molecular flexibility index (Phi) is 9.25. The number of nitrogens with one attached hydrogen (secondary N) is 1. The summed E-state index contributed by atoms with van der Waals surface area (Å²) >= 11 is 3.49. The van der Waals surface area contributed by atoms with Crippen molar-refractivity contribution in [3.63, 3.8) is 0 Å². The Morgan fingerprint density at radius 1 is 0.975 bits per heavy atom. The molecule has 0 saturated heterocycles. The van der Waals surface area contributed by atoms with Crippen LogP contribution in [-0.4, -0.2) is 48.7 Å². The van der Waals surface area contributed by atoms with E-state index < -0.39 is 10.0 Å². The Balaban J connectivity index is 1.40. The molecule has 0 spiro atoms. The number of fused-ring (bicyclic) bond motifs is 1. The van der Waals surface area contributed by atoms with E-state index in [9.17, 15) is 13.2 Å². The summed E-state index contributed by atoms with van der Waals surface area (Å²) in [5.41, 5.74) is 6.36. The fraction of sp³-hybridized carbons (Fsp3) is 0.406. The normalized spacial score (nSPS) is 14.3. The second-order valence-electron chi connectivity index (χ2n) is 11.8. The van der Waals surface area contributed by atoms with Gasteiger partial charge in [0.2, 0.25) is 10.0 Å². The summed E-state index contributed by atoms with van der Waals surface area (Å²) in [6.45, 7) is 15.0. The largest absolute Gasteiger partial charge is 0.351 e. The third-order valence-corrected chi connectivity index (χ3v) is 10.2. The quantitative estimate of drug-likeness (QED) is 0.326. The van der Waals surface area contributed by atoms with Gasteiger partial charge in [0, 0.05) is 48.3 Å². The number of halogens is 1. The lowest BCUT2D eigenvalue weighted by Crippen LogP contribution is -2.45. The van der Waals surface area contributed by atoms with Crippen molar-refractivity contribution in [3.05, 3.63) is 98.0 Å². The number of nitrogens with zero attached hydrogens (tertiary/aromatic N) is 2. The first-order valence-corrected chi connectivity index (χ1v) is 16.0. The zero-order valence-electron chi connectivity index (χ0n) is 24.3. The highest BCUT2D eigenvalue weighted by atomic mass is 79.9. The number of amides is 1. The van der Waals surface area contributed by atoms with Crippen LogP contribution in [0.25, 0.3) is 0 Å². The van der Waals surface area contributed by atoms with Crippen LogP contribution >= 0.6 is 15.9 Å². The zero-order chi connectivity index (χ0) is 29.2. The third kappa shape index (κ3) is 7.03. The average Bonchev–Trinajstić information content (AvgIpc) is 2.87. The lowest BCUT2D eigenvalue weighted by molar-refractivity contribution is 0.0921. The van der Waals surface area contributed by atoms with E-state index in [-0.39, 0.29) is 11.4 Å². The van der Waals surface area contributed by atoms with Gasteiger partial charge in [-0.15, -0.1) is 0 Å². The van der Waals surface area contributed by atoms with Gasteiger partial charge in [-0.2, -0.15) is 4.31 Å². The van der Waals surface area contributed by atoms with E-state index in [4.69, 9.17) is 0 Å². The number of aryl methyl sites for hydroxylation is 3. The van der Waals surface area contributed by atoms with Gasteiger partial charge < -0.3 is 5.32 Å². The minimum absolute atomic E-state index is 0.0501. The maximum atomic E-state index is 13.6. The first-order valence-electron chi connectivity index (χ1n) is 13.7. The fourth-order valence-electron chi connectivity index (χ4n) is 5.44. The lowest BCUT2D eigenvalue weighted by atomic mass is 9.98. The van der Waals surface area contributed by atoms with E-state index in [2.05, 4.69) is 59.1 Å². The number of hydrogen-bond acceptors (Lipinski definition) is 4. The highest BCUT2D eigenvalue weighted by Crippen LogP contribution is 2.30. The standard InChI is InChI=1S/C32H40BrN3O3S/c1-22-17-23(2)30(24(3)18-22)40(38,39)36-15-13-26-19-27(9-10-28(26)21-36)31(37)34-14-16-35(32(4,5)6)20-25-7-11-29(33)12-8-25/h7-12,17-19H,13-16,20-21H2,1-6H3,(H,34,37). The van der Waals surface area contributed by atoms with Gasteiger partial charge in [0.1, 0.15) is 0 Å². The van der Waals surface area contributed by atoms with Crippen LogP contribution in [0.1, 0.15) is 64.5 Å². The van der Waals surface area contributed by atoms with Crippen LogP contribution in [0.2, 0.25) is 0 Å². The lowest BCUT2D eigenvalue weighted by Gasteiger charge is -2.36. The van der Waals surface area contributed by atoms with E-state index in [1.54, 1.807) is 10.4 Å². The zero-order valence-corrected chi connectivity index (χ0v) is 26.7. The first-order chi connectivity index (χ1) is 18.8. The van der Waals surface area contributed by atoms with Crippen LogP contribution in [0.3, 0.4) is 0 Å². The van der Waals surface area contributed by atoms with Gasteiger partial charge in [-0.05, 0) is 100 Å². The smallest absolute Gasteiger partial charge is 0.251 e. The molecule has 0 saturated carbocycles. The molecule has 1 heterocycles. The van der Waals surface area contributed by atoms with Crippen LogP contribution in [-0.2, 0) is 29.5 Å². The molecule has 0 fully saturated rings. The van der Waals surface area contributed by atoms with Crippen LogP contribution in [0, 0.1) is 20.8 Å². The van der Waals surface area contributed by atoms with Crippen LogP contribution in [0.15, 0.2) is 64.0 Å². The Hall–Kier alpha value is -2.52. The highest BCUT2D eigenvalue weighted by Gasteiger charge is 2.31. The van der Waals surface area contributed by atoms with Gasteiger partial charge in [-0.3, -0.25) is 9.69 Å². The fourth-order valence-corrected chi connectivity index (χ4v) is 7.54. The van der Waals surface area contributed by atoms with E-state index in [1.807, 2.05) is 57.2 Å². The summed E-state index contributed by atoms with van der Waals surface area (Å²) in [7, 11) is -3.62. The molecule has 40 heavy (non-hydrogen) atoms. The molecule has 0 atom stereocenters. The molecule has 0 aromatic heterocycles. The van der Waals surface area contributed by atoms with Crippen molar-refractivity contribution in [3.8, 4) is 0 Å². The molecule has 1 aliphatic heterocycles. The Morgan fingerprint density at radius 3 is 2.25 bits per heavy atom. The summed E-state index contributed by atoms with van der Waals surface area (Å²) in [5.74, 6) is -0.110. The Bertz CT molecular complexity index is 1470. The monoisotopic (exact) mass is 625 g/mol. The van der Waals surface area contributed by atoms with Crippen molar-refractivity contribution in [1.29, 1.82) is 0 Å². The molecular formula is C32H40BrN3O3S. The predicted octanol–water partition coefficient (Wildman–Crippen LogP) is 6.15. The molecular weight excluding hydrogens is 586 g/mol. The average molecular weight is 627 g/mol. The van der Waals surface area contributed by atoms with Gasteiger partial charge >= 0.3 is 0 Å². The molecule has 1 amide bonds. The summed E-state index contributed by atoms with van der Waals surface area (Å²) < 4.78 is 29.7. The Labute approximate surface area is 248 Å². The maximum Gasteiger partial charge on any atom is 0.251 e.